The minimum Gasteiger partial charge on any atom is -0.480 e. The van der Waals surface area contributed by atoms with Gasteiger partial charge in [0.1, 0.15) is 12.1 Å². The van der Waals surface area contributed by atoms with Crippen molar-refractivity contribution in [3.63, 3.8) is 0 Å². The lowest BCUT2D eigenvalue weighted by Crippen LogP contribution is -2.50. The molecule has 0 aliphatic carbocycles. The van der Waals surface area contributed by atoms with Crippen LogP contribution in [0.4, 0.5) is 0 Å². The molecule has 0 radical (unpaired) electrons. The lowest BCUT2D eigenvalue weighted by Gasteiger charge is -2.28. The van der Waals surface area contributed by atoms with E-state index in [9.17, 15) is 24.3 Å². The third-order valence-electron chi connectivity index (χ3n) is 5.90. The van der Waals surface area contributed by atoms with E-state index in [1.165, 1.54) is 9.47 Å². The summed E-state index contributed by atoms with van der Waals surface area (Å²) in [6.07, 6.45) is 1.02. The van der Waals surface area contributed by atoms with E-state index in [-0.39, 0.29) is 13.0 Å². The van der Waals surface area contributed by atoms with Gasteiger partial charge in [0.25, 0.3) is 5.56 Å². The summed E-state index contributed by atoms with van der Waals surface area (Å²) in [6.45, 7) is 0.281. The molecule has 0 spiro atoms. The van der Waals surface area contributed by atoms with Crippen LogP contribution in [0.3, 0.4) is 0 Å². The summed E-state index contributed by atoms with van der Waals surface area (Å²) in [6, 6.07) is 13.7. The number of hydrogen-bond donors (Lipinski definition) is 1. The van der Waals surface area contributed by atoms with E-state index in [1.807, 2.05) is 30.3 Å². The van der Waals surface area contributed by atoms with Crippen LogP contribution in [0.2, 0.25) is 0 Å². The minimum absolute atomic E-state index is 0.107. The largest absolute Gasteiger partial charge is 0.480 e. The fourth-order valence-electron chi connectivity index (χ4n) is 4.31. The van der Waals surface area contributed by atoms with Gasteiger partial charge in [0.05, 0.1) is 10.9 Å². The zero-order valence-electron chi connectivity index (χ0n) is 17.1. The highest BCUT2D eigenvalue weighted by atomic mass is 16.4. The Labute approximate surface area is 178 Å². The third kappa shape index (κ3) is 3.65. The quantitative estimate of drug-likeness (QED) is 0.674. The van der Waals surface area contributed by atoms with Crippen LogP contribution in [0.25, 0.3) is 10.9 Å². The van der Waals surface area contributed by atoms with Crippen molar-refractivity contribution >= 4 is 22.8 Å². The van der Waals surface area contributed by atoms with E-state index < -0.39 is 35.2 Å². The number of aliphatic carboxylic acids is 1. The molecule has 1 N–H and O–H groups in total. The first-order valence-corrected chi connectivity index (χ1v) is 10.2. The second kappa shape index (κ2) is 8.22. The summed E-state index contributed by atoms with van der Waals surface area (Å²) in [5.41, 5.74) is 0.0846. The van der Waals surface area contributed by atoms with Gasteiger partial charge in [-0.25, -0.2) is 14.2 Å². The number of carboxylic acids is 1. The predicted molar refractivity (Wildman–Crippen MR) is 115 cm³/mol. The van der Waals surface area contributed by atoms with E-state index in [2.05, 4.69) is 0 Å². The summed E-state index contributed by atoms with van der Waals surface area (Å²) >= 11 is 0. The first kappa shape index (κ1) is 20.6. The number of likely N-dealkylation sites (tertiary alicyclic amines) is 1. The van der Waals surface area contributed by atoms with Crippen molar-refractivity contribution < 1.29 is 14.7 Å². The highest BCUT2D eigenvalue weighted by Crippen LogP contribution is 2.24. The molecule has 1 saturated heterocycles. The molecule has 0 saturated carbocycles. The number of rotatable bonds is 5. The van der Waals surface area contributed by atoms with Gasteiger partial charge in [0, 0.05) is 20.0 Å². The first-order valence-electron chi connectivity index (χ1n) is 10.2. The maximum Gasteiger partial charge on any atom is 0.331 e. The highest BCUT2D eigenvalue weighted by Gasteiger charge is 2.39. The molecule has 1 aliphatic rings. The van der Waals surface area contributed by atoms with Crippen LogP contribution < -0.4 is 11.2 Å². The number of carbonyl (C=O) groups excluding carboxylic acids is 1. The monoisotopic (exact) mass is 421 g/mol. The zero-order valence-corrected chi connectivity index (χ0v) is 17.1. The molecule has 31 heavy (non-hydrogen) atoms. The van der Waals surface area contributed by atoms with E-state index in [4.69, 9.17) is 0 Å². The molecule has 2 heterocycles. The van der Waals surface area contributed by atoms with Gasteiger partial charge in [-0.05, 0) is 30.5 Å². The Balaban J connectivity index is 1.90. The molecule has 8 heteroatoms. The number of aromatic nitrogens is 2. The minimum atomic E-state index is -1.14. The molecule has 3 aromatic rings. The lowest BCUT2D eigenvalue weighted by atomic mass is 10.0. The SMILES string of the molecule is Cn1c(=O)n([C@H](Cc2ccccc2)C(=O)N2CCC[C@H]2C(=O)O)c(=O)c2ccccc21. The number of nitrogens with zero attached hydrogens (tertiary/aromatic N) is 3. The van der Waals surface area contributed by atoms with Gasteiger partial charge in [-0.15, -0.1) is 0 Å². The van der Waals surface area contributed by atoms with Crippen LogP contribution in [0.15, 0.2) is 64.2 Å². The van der Waals surface area contributed by atoms with Crippen LogP contribution >= 0.6 is 0 Å². The highest BCUT2D eigenvalue weighted by molar-refractivity contribution is 5.87. The third-order valence-corrected chi connectivity index (χ3v) is 5.90. The van der Waals surface area contributed by atoms with Crippen LogP contribution in [0, 0.1) is 0 Å². The molecule has 1 aliphatic heterocycles. The van der Waals surface area contributed by atoms with E-state index >= 15 is 0 Å². The molecule has 2 atom stereocenters. The van der Waals surface area contributed by atoms with Gasteiger partial charge in [-0.3, -0.25) is 14.2 Å². The van der Waals surface area contributed by atoms with Crippen molar-refractivity contribution in [3.8, 4) is 0 Å². The normalized spacial score (nSPS) is 17.1. The Morgan fingerprint density at radius 1 is 1.06 bits per heavy atom. The summed E-state index contributed by atoms with van der Waals surface area (Å²) in [5.74, 6) is -1.61. The van der Waals surface area contributed by atoms with Crippen molar-refractivity contribution in [2.24, 2.45) is 7.05 Å². The van der Waals surface area contributed by atoms with Gasteiger partial charge < -0.3 is 10.0 Å². The van der Waals surface area contributed by atoms with Gasteiger partial charge in [-0.2, -0.15) is 0 Å². The van der Waals surface area contributed by atoms with Gasteiger partial charge in [0.15, 0.2) is 0 Å². The van der Waals surface area contributed by atoms with Crippen LogP contribution in [-0.2, 0) is 23.1 Å². The second-order valence-electron chi connectivity index (χ2n) is 7.77. The fraction of sp³-hybridized carbons (Fsp3) is 0.304. The average molecular weight is 421 g/mol. The topological polar surface area (TPSA) is 102 Å². The average Bonchev–Trinajstić information content (AvgIpc) is 3.28. The molecule has 1 aromatic heterocycles. The van der Waals surface area contributed by atoms with Crippen LogP contribution in [-0.4, -0.2) is 43.6 Å². The number of hydrogen-bond acceptors (Lipinski definition) is 4. The molecule has 8 nitrogen and oxygen atoms in total. The Morgan fingerprint density at radius 2 is 1.74 bits per heavy atom. The summed E-state index contributed by atoms with van der Waals surface area (Å²) in [4.78, 5) is 53.1. The predicted octanol–water partition coefficient (Wildman–Crippen LogP) is 1.56. The number of fused-ring (bicyclic) bond motifs is 1. The van der Waals surface area contributed by atoms with Crippen LogP contribution in [0.1, 0.15) is 24.4 Å². The Hall–Kier alpha value is -3.68. The standard InChI is InChI=1S/C23H23N3O5/c1-24-17-11-6-5-10-16(17)20(27)26(23(24)31)19(14-15-8-3-2-4-9-15)21(28)25-13-7-12-18(25)22(29)30/h2-6,8-11,18-19H,7,12-14H2,1H3,(H,29,30)/t18-,19+/m0/s1. The van der Waals surface area contributed by atoms with Crippen LogP contribution in [0.5, 0.6) is 0 Å². The second-order valence-corrected chi connectivity index (χ2v) is 7.77. The summed E-state index contributed by atoms with van der Waals surface area (Å²) in [5, 5.41) is 9.87. The number of aryl methyl sites for hydroxylation is 1. The molecule has 0 bridgehead atoms. The molecule has 1 fully saturated rings. The molecular formula is C23H23N3O5. The fourth-order valence-corrected chi connectivity index (χ4v) is 4.31. The molecule has 4 rings (SSSR count). The molecule has 2 aromatic carbocycles. The van der Waals surface area contributed by atoms with Crippen molar-refractivity contribution in [2.45, 2.75) is 31.3 Å². The number of amides is 1. The maximum absolute atomic E-state index is 13.6. The summed E-state index contributed by atoms with van der Waals surface area (Å²) in [7, 11) is 1.56. The maximum atomic E-state index is 13.6. The zero-order chi connectivity index (χ0) is 22.1. The Kier molecular flexibility index (Phi) is 5.46. The Bertz CT molecular complexity index is 1260. The molecule has 1 amide bonds. The summed E-state index contributed by atoms with van der Waals surface area (Å²) < 4.78 is 2.33. The number of carbonyl (C=O) groups is 2. The van der Waals surface area contributed by atoms with E-state index in [0.29, 0.717) is 23.7 Å². The first-order chi connectivity index (χ1) is 14.9. The lowest BCUT2D eigenvalue weighted by molar-refractivity contribution is -0.149. The van der Waals surface area contributed by atoms with Crippen molar-refractivity contribution in [1.29, 1.82) is 0 Å². The van der Waals surface area contributed by atoms with Crippen molar-refractivity contribution in [1.82, 2.24) is 14.0 Å². The molecule has 160 valence electrons. The number of carboxylic acid groups (broad SMARTS) is 1. The van der Waals surface area contributed by atoms with E-state index in [0.717, 1.165) is 10.1 Å². The van der Waals surface area contributed by atoms with E-state index in [1.54, 1.807) is 31.3 Å². The number of benzene rings is 2. The molecule has 0 unspecified atom stereocenters. The number of para-hydroxylation sites is 1. The van der Waals surface area contributed by atoms with Crippen molar-refractivity contribution in [3.05, 3.63) is 81.0 Å². The van der Waals surface area contributed by atoms with Crippen molar-refractivity contribution in [2.75, 3.05) is 6.54 Å². The smallest absolute Gasteiger partial charge is 0.331 e. The molecular weight excluding hydrogens is 398 g/mol. The van der Waals surface area contributed by atoms with Gasteiger partial charge in [0.2, 0.25) is 5.91 Å². The Morgan fingerprint density at radius 3 is 2.45 bits per heavy atom. The van der Waals surface area contributed by atoms with Gasteiger partial charge in [-0.1, -0.05) is 42.5 Å². The van der Waals surface area contributed by atoms with Gasteiger partial charge >= 0.3 is 11.7 Å².